The van der Waals surface area contributed by atoms with Crippen molar-refractivity contribution in [3.8, 4) is 5.75 Å². The Labute approximate surface area is 150 Å². The Morgan fingerprint density at radius 1 is 1.04 bits per heavy atom. The van der Waals surface area contributed by atoms with E-state index in [2.05, 4.69) is 24.3 Å². The Balaban J connectivity index is 1.52. The maximum atomic E-state index is 12.1. The van der Waals surface area contributed by atoms with Crippen LogP contribution in [0.1, 0.15) is 38.3 Å². The third kappa shape index (κ3) is 5.35. The molecule has 0 saturated heterocycles. The number of carbonyl (C=O) groups excluding carboxylic acids is 1. The summed E-state index contributed by atoms with van der Waals surface area (Å²) in [5.41, 5.74) is 1.96. The highest BCUT2D eigenvalue weighted by Gasteiger charge is 2.45. The molecular weight excluding hydrogens is 312 g/mol. The summed E-state index contributed by atoms with van der Waals surface area (Å²) in [4.78, 5) is 12.1. The Kier molecular flexibility index (Phi) is 5.12. The first-order chi connectivity index (χ1) is 11.9. The van der Waals surface area contributed by atoms with E-state index in [1.807, 2.05) is 51.1 Å². The van der Waals surface area contributed by atoms with E-state index in [1.54, 1.807) is 0 Å². The van der Waals surface area contributed by atoms with Gasteiger partial charge in [0.25, 0.3) is 0 Å². The number of carbonyl (C=O) groups is 1. The second kappa shape index (κ2) is 7.30. The minimum absolute atomic E-state index is 0.0492. The Bertz CT molecular complexity index is 716. The van der Waals surface area contributed by atoms with Gasteiger partial charge in [-0.15, -0.1) is 0 Å². The number of benzene rings is 2. The lowest BCUT2D eigenvalue weighted by molar-refractivity contribution is -0.156. The van der Waals surface area contributed by atoms with Gasteiger partial charge in [0.1, 0.15) is 18.0 Å². The van der Waals surface area contributed by atoms with Crippen molar-refractivity contribution in [1.82, 2.24) is 0 Å². The van der Waals surface area contributed by atoms with E-state index in [0.717, 1.165) is 24.2 Å². The molecule has 1 aliphatic rings. The zero-order chi connectivity index (χ0) is 17.9. The molecule has 0 N–H and O–H groups in total. The van der Waals surface area contributed by atoms with E-state index in [9.17, 15) is 4.79 Å². The van der Waals surface area contributed by atoms with Crippen molar-refractivity contribution in [3.63, 3.8) is 0 Å². The quantitative estimate of drug-likeness (QED) is 0.711. The molecule has 25 heavy (non-hydrogen) atoms. The molecule has 1 fully saturated rings. The molecular formula is C22H26O3. The highest BCUT2D eigenvalue weighted by Crippen LogP contribution is 2.43. The maximum absolute atomic E-state index is 12.1. The molecule has 0 radical (unpaired) electrons. The summed E-state index contributed by atoms with van der Waals surface area (Å²) in [7, 11) is 0. The minimum atomic E-state index is -0.407. The van der Waals surface area contributed by atoms with Gasteiger partial charge in [0, 0.05) is 0 Å². The van der Waals surface area contributed by atoms with Crippen LogP contribution < -0.4 is 4.74 Å². The number of esters is 1. The number of hydrogen-bond donors (Lipinski definition) is 0. The number of ether oxygens (including phenoxy) is 2. The van der Waals surface area contributed by atoms with Crippen LogP contribution in [0.4, 0.5) is 0 Å². The van der Waals surface area contributed by atoms with Gasteiger partial charge in [0.2, 0.25) is 0 Å². The fourth-order valence-corrected chi connectivity index (χ4v) is 2.95. The first kappa shape index (κ1) is 17.5. The molecule has 2 unspecified atom stereocenters. The van der Waals surface area contributed by atoms with Crippen LogP contribution in [0.2, 0.25) is 0 Å². The first-order valence-corrected chi connectivity index (χ1v) is 8.89. The second-order valence-corrected chi connectivity index (χ2v) is 7.76. The lowest BCUT2D eigenvalue weighted by Gasteiger charge is -2.19. The van der Waals surface area contributed by atoms with E-state index in [-0.39, 0.29) is 11.9 Å². The Morgan fingerprint density at radius 3 is 2.48 bits per heavy atom. The first-order valence-electron chi connectivity index (χ1n) is 8.89. The van der Waals surface area contributed by atoms with Crippen molar-refractivity contribution in [2.75, 3.05) is 0 Å². The van der Waals surface area contributed by atoms with E-state index < -0.39 is 5.60 Å². The molecule has 2 aromatic carbocycles. The minimum Gasteiger partial charge on any atom is -0.489 e. The summed E-state index contributed by atoms with van der Waals surface area (Å²) in [6.45, 7) is 6.30. The van der Waals surface area contributed by atoms with Crippen LogP contribution >= 0.6 is 0 Å². The van der Waals surface area contributed by atoms with E-state index in [0.29, 0.717) is 12.5 Å². The van der Waals surface area contributed by atoms with E-state index >= 15 is 0 Å². The molecule has 0 aliphatic heterocycles. The highest BCUT2D eigenvalue weighted by molar-refractivity contribution is 5.76. The van der Waals surface area contributed by atoms with E-state index in [1.165, 1.54) is 5.56 Å². The van der Waals surface area contributed by atoms with Crippen molar-refractivity contribution < 1.29 is 14.3 Å². The Morgan fingerprint density at radius 2 is 1.76 bits per heavy atom. The molecule has 1 saturated carbocycles. The van der Waals surface area contributed by atoms with Crippen LogP contribution in [0.25, 0.3) is 0 Å². The standard InChI is InChI=1S/C22H26O3/c1-22(2,3)25-21(23)20-14-18(20)12-17-10-7-11-19(13-17)24-15-16-8-5-4-6-9-16/h4-11,13,18,20H,12,14-15H2,1-3H3. The van der Waals surface area contributed by atoms with Crippen molar-refractivity contribution in [2.45, 2.75) is 45.8 Å². The highest BCUT2D eigenvalue weighted by atomic mass is 16.6. The zero-order valence-electron chi connectivity index (χ0n) is 15.2. The molecule has 132 valence electrons. The number of rotatable bonds is 6. The van der Waals surface area contributed by atoms with Crippen molar-refractivity contribution >= 4 is 5.97 Å². The van der Waals surface area contributed by atoms with Gasteiger partial charge in [-0.1, -0.05) is 42.5 Å². The predicted molar refractivity (Wildman–Crippen MR) is 98.4 cm³/mol. The topological polar surface area (TPSA) is 35.5 Å². The average molecular weight is 338 g/mol. The monoisotopic (exact) mass is 338 g/mol. The molecule has 1 aliphatic carbocycles. The molecule has 0 heterocycles. The molecule has 0 aromatic heterocycles. The summed E-state index contributed by atoms with van der Waals surface area (Å²) in [6, 6.07) is 18.3. The van der Waals surface area contributed by atoms with Crippen LogP contribution in [-0.2, 0) is 22.6 Å². The predicted octanol–water partition coefficient (Wildman–Crippen LogP) is 4.79. The van der Waals surface area contributed by atoms with Gasteiger partial charge in [-0.05, 0) is 62.8 Å². The number of hydrogen-bond acceptors (Lipinski definition) is 3. The van der Waals surface area contributed by atoms with Crippen LogP contribution in [0.5, 0.6) is 5.75 Å². The van der Waals surface area contributed by atoms with Crippen molar-refractivity contribution in [1.29, 1.82) is 0 Å². The summed E-state index contributed by atoms with van der Waals surface area (Å²) < 4.78 is 11.4. The zero-order valence-corrected chi connectivity index (χ0v) is 15.2. The average Bonchev–Trinajstić information content (AvgIpc) is 3.32. The van der Waals surface area contributed by atoms with Gasteiger partial charge in [-0.3, -0.25) is 4.79 Å². The molecule has 0 amide bonds. The van der Waals surface area contributed by atoms with E-state index in [4.69, 9.17) is 9.47 Å². The van der Waals surface area contributed by atoms with Crippen LogP contribution in [-0.4, -0.2) is 11.6 Å². The summed E-state index contributed by atoms with van der Waals surface area (Å²) in [6.07, 6.45) is 1.82. The lowest BCUT2D eigenvalue weighted by atomic mass is 10.1. The largest absolute Gasteiger partial charge is 0.489 e. The van der Waals surface area contributed by atoms with Gasteiger partial charge in [0.15, 0.2) is 0 Å². The fourth-order valence-electron chi connectivity index (χ4n) is 2.95. The molecule has 3 nitrogen and oxygen atoms in total. The van der Waals surface area contributed by atoms with Crippen LogP contribution in [0, 0.1) is 11.8 Å². The van der Waals surface area contributed by atoms with Crippen molar-refractivity contribution in [2.24, 2.45) is 11.8 Å². The SMILES string of the molecule is CC(C)(C)OC(=O)C1CC1Cc1cccc(OCc2ccccc2)c1. The third-order valence-electron chi connectivity index (χ3n) is 4.28. The van der Waals surface area contributed by atoms with Crippen LogP contribution in [0.15, 0.2) is 54.6 Å². The molecule has 3 heteroatoms. The third-order valence-corrected chi connectivity index (χ3v) is 4.28. The lowest BCUT2D eigenvalue weighted by Crippen LogP contribution is -2.25. The molecule has 2 atom stereocenters. The summed E-state index contributed by atoms with van der Waals surface area (Å²) >= 11 is 0. The molecule has 2 aromatic rings. The van der Waals surface area contributed by atoms with Gasteiger partial charge >= 0.3 is 5.97 Å². The molecule has 0 bridgehead atoms. The normalized spacial score (nSPS) is 19.3. The van der Waals surface area contributed by atoms with Gasteiger partial charge in [0.05, 0.1) is 5.92 Å². The second-order valence-electron chi connectivity index (χ2n) is 7.76. The van der Waals surface area contributed by atoms with Gasteiger partial charge in [-0.25, -0.2) is 0 Å². The molecule has 3 rings (SSSR count). The maximum Gasteiger partial charge on any atom is 0.309 e. The van der Waals surface area contributed by atoms with Gasteiger partial charge in [-0.2, -0.15) is 0 Å². The van der Waals surface area contributed by atoms with Crippen LogP contribution in [0.3, 0.4) is 0 Å². The Hall–Kier alpha value is -2.29. The molecule has 0 spiro atoms. The van der Waals surface area contributed by atoms with Crippen molar-refractivity contribution in [3.05, 3.63) is 65.7 Å². The fraction of sp³-hybridized carbons (Fsp3) is 0.409. The summed E-state index contributed by atoms with van der Waals surface area (Å²) in [5.74, 6) is 1.25. The smallest absolute Gasteiger partial charge is 0.309 e. The summed E-state index contributed by atoms with van der Waals surface area (Å²) in [5, 5.41) is 0. The van der Waals surface area contributed by atoms with Gasteiger partial charge < -0.3 is 9.47 Å².